The molecule has 17 heavy (non-hydrogen) atoms. The summed E-state index contributed by atoms with van der Waals surface area (Å²) in [5.41, 5.74) is 0.974. The number of amides is 1. The fourth-order valence-corrected chi connectivity index (χ4v) is 1.39. The number of phenolic OH excluding ortho intramolecular Hbond substituents is 1. The monoisotopic (exact) mass is 276 g/mol. The van der Waals surface area contributed by atoms with E-state index in [1.165, 1.54) is 6.07 Å². The number of carbonyl (C=O) groups excluding carboxylic acids is 1. The number of nitrogens with one attached hydrogen (secondary N) is 1. The van der Waals surface area contributed by atoms with Gasteiger partial charge in [0, 0.05) is 22.8 Å². The molecule has 0 heterocycles. The second-order valence-electron chi connectivity index (χ2n) is 3.34. The molecule has 0 aliphatic heterocycles. The Morgan fingerprint density at radius 3 is 2.18 bits per heavy atom. The molecule has 2 aromatic carbocycles. The van der Waals surface area contributed by atoms with E-state index in [2.05, 4.69) is 5.32 Å². The van der Waals surface area contributed by atoms with Gasteiger partial charge in [-0.15, -0.1) is 0 Å². The Kier molecular flexibility index (Phi) is 4.76. The molecule has 1 radical (unpaired) electrons. The Bertz CT molecular complexity index is 500. The minimum absolute atomic E-state index is 0. The molecule has 0 unspecified atom stereocenters. The molecular weight excluding hydrogens is 266 g/mol. The van der Waals surface area contributed by atoms with Crippen molar-refractivity contribution in [3.63, 3.8) is 0 Å². The van der Waals surface area contributed by atoms with Gasteiger partial charge in [-0.2, -0.15) is 0 Å². The molecular formula is C13H11CuNO2. The van der Waals surface area contributed by atoms with Crippen molar-refractivity contribution in [3.05, 3.63) is 60.2 Å². The molecule has 0 saturated heterocycles. The van der Waals surface area contributed by atoms with Crippen molar-refractivity contribution in [3.8, 4) is 5.75 Å². The van der Waals surface area contributed by atoms with Crippen LogP contribution in [0.15, 0.2) is 54.6 Å². The number of benzene rings is 2. The zero-order valence-corrected chi connectivity index (χ0v) is 9.79. The molecule has 0 aliphatic carbocycles. The van der Waals surface area contributed by atoms with Crippen molar-refractivity contribution < 1.29 is 27.0 Å². The Balaban J connectivity index is 0.00000144. The number of phenols is 1. The van der Waals surface area contributed by atoms with Gasteiger partial charge in [-0.1, -0.05) is 30.3 Å². The van der Waals surface area contributed by atoms with E-state index in [-0.39, 0.29) is 34.3 Å². The maximum absolute atomic E-state index is 11.8. The van der Waals surface area contributed by atoms with Gasteiger partial charge < -0.3 is 10.4 Å². The van der Waals surface area contributed by atoms with E-state index in [1.807, 2.05) is 18.2 Å². The minimum Gasteiger partial charge on any atom is -0.507 e. The molecule has 0 bridgehead atoms. The summed E-state index contributed by atoms with van der Waals surface area (Å²) in [6.45, 7) is 0. The third kappa shape index (κ3) is 3.34. The van der Waals surface area contributed by atoms with Gasteiger partial charge in [0.2, 0.25) is 0 Å². The molecule has 91 valence electrons. The summed E-state index contributed by atoms with van der Waals surface area (Å²) in [4.78, 5) is 11.8. The number of rotatable bonds is 2. The standard InChI is InChI=1S/C13H11NO2.Cu/c15-12-9-5-4-8-11(12)13(16)14-10-6-2-1-3-7-10;/h1-9,15H,(H,14,16);. The quantitative estimate of drug-likeness (QED) is 0.829. The Morgan fingerprint density at radius 2 is 1.53 bits per heavy atom. The van der Waals surface area contributed by atoms with Gasteiger partial charge in [0.05, 0.1) is 5.56 Å². The Hall–Kier alpha value is -1.77. The molecule has 1 amide bonds. The molecule has 0 aliphatic rings. The number of hydrogen-bond donors (Lipinski definition) is 2. The van der Waals surface area contributed by atoms with Crippen LogP contribution in [0, 0.1) is 0 Å². The molecule has 4 heteroatoms. The van der Waals surface area contributed by atoms with Gasteiger partial charge in [0.15, 0.2) is 0 Å². The van der Waals surface area contributed by atoms with Gasteiger partial charge in [-0.05, 0) is 24.3 Å². The van der Waals surface area contributed by atoms with Crippen LogP contribution in [0.25, 0.3) is 0 Å². The van der Waals surface area contributed by atoms with Crippen molar-refractivity contribution in [2.24, 2.45) is 0 Å². The molecule has 0 spiro atoms. The van der Waals surface area contributed by atoms with Crippen molar-refractivity contribution >= 4 is 11.6 Å². The smallest absolute Gasteiger partial charge is 0.259 e. The van der Waals surface area contributed by atoms with Crippen molar-refractivity contribution in [1.82, 2.24) is 0 Å². The topological polar surface area (TPSA) is 49.3 Å². The fourth-order valence-electron chi connectivity index (χ4n) is 1.39. The average molecular weight is 277 g/mol. The molecule has 2 rings (SSSR count). The van der Waals surface area contributed by atoms with Crippen molar-refractivity contribution in [1.29, 1.82) is 0 Å². The van der Waals surface area contributed by atoms with E-state index in [0.717, 1.165) is 0 Å². The van der Waals surface area contributed by atoms with E-state index in [0.29, 0.717) is 5.69 Å². The van der Waals surface area contributed by atoms with E-state index < -0.39 is 0 Å². The third-order valence-corrected chi connectivity index (χ3v) is 2.18. The predicted molar refractivity (Wildman–Crippen MR) is 62.5 cm³/mol. The Morgan fingerprint density at radius 1 is 0.941 bits per heavy atom. The fraction of sp³-hybridized carbons (Fsp3) is 0. The number of carbonyl (C=O) groups is 1. The van der Waals surface area contributed by atoms with Gasteiger partial charge >= 0.3 is 0 Å². The van der Waals surface area contributed by atoms with E-state index in [4.69, 9.17) is 0 Å². The largest absolute Gasteiger partial charge is 0.507 e. The maximum atomic E-state index is 11.8. The zero-order chi connectivity index (χ0) is 11.4. The van der Waals surface area contributed by atoms with Crippen molar-refractivity contribution in [2.45, 2.75) is 0 Å². The zero-order valence-electron chi connectivity index (χ0n) is 8.85. The number of anilines is 1. The molecule has 0 saturated carbocycles. The van der Waals surface area contributed by atoms with Crippen LogP contribution < -0.4 is 5.32 Å². The van der Waals surface area contributed by atoms with Crippen LogP contribution in [0.5, 0.6) is 5.75 Å². The number of para-hydroxylation sites is 2. The maximum Gasteiger partial charge on any atom is 0.259 e. The Labute approximate surface area is 110 Å². The summed E-state index contributed by atoms with van der Waals surface area (Å²) < 4.78 is 0. The van der Waals surface area contributed by atoms with Gasteiger partial charge in [0.1, 0.15) is 5.75 Å². The van der Waals surface area contributed by atoms with E-state index >= 15 is 0 Å². The molecule has 3 nitrogen and oxygen atoms in total. The molecule has 0 atom stereocenters. The summed E-state index contributed by atoms with van der Waals surface area (Å²) >= 11 is 0. The number of aromatic hydroxyl groups is 1. The summed E-state index contributed by atoms with van der Waals surface area (Å²) in [7, 11) is 0. The predicted octanol–water partition coefficient (Wildman–Crippen LogP) is 2.64. The SMILES string of the molecule is O=C(Nc1ccccc1)c1ccccc1O.[Cu]. The van der Waals surface area contributed by atoms with Crippen molar-refractivity contribution in [2.75, 3.05) is 5.32 Å². The van der Waals surface area contributed by atoms with Gasteiger partial charge in [-0.3, -0.25) is 4.79 Å². The second kappa shape index (κ2) is 6.09. The average Bonchev–Trinajstić information content (AvgIpc) is 2.31. The summed E-state index contributed by atoms with van der Waals surface area (Å²) in [5, 5.41) is 12.2. The first-order valence-electron chi connectivity index (χ1n) is 4.92. The first-order chi connectivity index (χ1) is 7.77. The summed E-state index contributed by atoms with van der Waals surface area (Å²) in [5.74, 6) is -0.333. The third-order valence-electron chi connectivity index (χ3n) is 2.18. The summed E-state index contributed by atoms with van der Waals surface area (Å²) in [6.07, 6.45) is 0. The minimum atomic E-state index is -0.315. The molecule has 2 aromatic rings. The molecule has 0 aromatic heterocycles. The molecule has 2 N–H and O–H groups in total. The number of hydrogen-bond acceptors (Lipinski definition) is 2. The van der Waals surface area contributed by atoms with Crippen LogP contribution in [-0.2, 0) is 17.1 Å². The normalized spacial score (nSPS) is 9.18. The second-order valence-corrected chi connectivity index (χ2v) is 3.34. The van der Waals surface area contributed by atoms with Crippen LogP contribution >= 0.6 is 0 Å². The van der Waals surface area contributed by atoms with E-state index in [9.17, 15) is 9.90 Å². The van der Waals surface area contributed by atoms with Crippen LogP contribution in [0.2, 0.25) is 0 Å². The van der Waals surface area contributed by atoms with Crippen LogP contribution in [0.1, 0.15) is 10.4 Å². The van der Waals surface area contributed by atoms with Crippen LogP contribution in [-0.4, -0.2) is 11.0 Å². The summed E-state index contributed by atoms with van der Waals surface area (Å²) in [6, 6.07) is 15.6. The van der Waals surface area contributed by atoms with Gasteiger partial charge in [-0.25, -0.2) is 0 Å². The molecule has 0 fully saturated rings. The first kappa shape index (κ1) is 13.3. The first-order valence-corrected chi connectivity index (χ1v) is 4.92. The van der Waals surface area contributed by atoms with Crippen LogP contribution in [0.4, 0.5) is 5.69 Å². The van der Waals surface area contributed by atoms with E-state index in [1.54, 1.807) is 30.3 Å². The van der Waals surface area contributed by atoms with Crippen LogP contribution in [0.3, 0.4) is 0 Å². The van der Waals surface area contributed by atoms with Gasteiger partial charge in [0.25, 0.3) is 5.91 Å².